The third-order valence-electron chi connectivity index (χ3n) is 9.76. The smallest absolute Gasteiger partial charge is 0.0104 e. The highest BCUT2D eigenvalue weighted by molar-refractivity contribution is 6.48. The van der Waals surface area contributed by atoms with Crippen LogP contribution in [-0.4, -0.2) is 0 Å². The van der Waals surface area contributed by atoms with Crippen LogP contribution in [0.25, 0.3) is 75.4 Å². The van der Waals surface area contributed by atoms with Gasteiger partial charge in [-0.3, -0.25) is 0 Å². The van der Waals surface area contributed by atoms with E-state index in [2.05, 4.69) is 103 Å². The van der Waals surface area contributed by atoms with Gasteiger partial charge in [-0.2, -0.15) is 0 Å². The molecule has 0 radical (unpaired) electrons. The molecule has 0 saturated carbocycles. The van der Waals surface area contributed by atoms with Gasteiger partial charge in [0.15, 0.2) is 0 Å². The van der Waals surface area contributed by atoms with Crippen molar-refractivity contribution in [1.82, 2.24) is 0 Å². The normalized spacial score (nSPS) is 16.4. The summed E-state index contributed by atoms with van der Waals surface area (Å²) in [5.41, 5.74) is 4.60. The van der Waals surface area contributed by atoms with E-state index >= 15 is 0 Å². The molecule has 0 amide bonds. The van der Waals surface area contributed by atoms with Crippen LogP contribution in [0.1, 0.15) is 35.4 Å². The molecule has 1 atom stereocenters. The van der Waals surface area contributed by atoms with E-state index in [0.29, 0.717) is 5.92 Å². The first-order chi connectivity index (χ1) is 18.9. The minimum atomic E-state index is 0.421. The molecule has 0 aliphatic heterocycles. The molecule has 9 aromatic rings. The Morgan fingerprint density at radius 2 is 0.974 bits per heavy atom. The fourth-order valence-corrected chi connectivity index (χ4v) is 8.42. The zero-order valence-electron chi connectivity index (χ0n) is 21.0. The molecule has 1 unspecified atom stereocenters. The zero-order valence-corrected chi connectivity index (χ0v) is 21.0. The summed E-state index contributed by atoms with van der Waals surface area (Å²) in [5, 5.41) is 19.9. The van der Waals surface area contributed by atoms with Crippen LogP contribution < -0.4 is 0 Å². The Balaban J connectivity index is 1.56. The van der Waals surface area contributed by atoms with Crippen LogP contribution in [0.2, 0.25) is 0 Å². The second-order valence-electron chi connectivity index (χ2n) is 11.4. The van der Waals surface area contributed by atoms with Crippen LogP contribution in [0.15, 0.2) is 103 Å². The third kappa shape index (κ3) is 2.17. The van der Waals surface area contributed by atoms with Crippen molar-refractivity contribution in [3.8, 4) is 0 Å². The predicted octanol–water partition coefficient (Wildman–Crippen LogP) is 10.5. The number of fused-ring (bicyclic) bond motifs is 3. The van der Waals surface area contributed by atoms with Crippen molar-refractivity contribution < 1.29 is 0 Å². The summed E-state index contributed by atoms with van der Waals surface area (Å²) in [5.74, 6) is 0.421. The van der Waals surface area contributed by atoms with Gasteiger partial charge in [-0.25, -0.2) is 0 Å². The first-order valence-corrected chi connectivity index (χ1v) is 14.0. The van der Waals surface area contributed by atoms with Crippen molar-refractivity contribution in [3.05, 3.63) is 120 Å². The highest BCUT2D eigenvalue weighted by atomic mass is 14.3. The lowest BCUT2D eigenvalue weighted by Crippen LogP contribution is -2.12. The Hall–Kier alpha value is -4.42. The maximum absolute atomic E-state index is 2.42. The first-order valence-electron chi connectivity index (χ1n) is 14.0. The average molecular weight is 481 g/mol. The van der Waals surface area contributed by atoms with E-state index in [9.17, 15) is 0 Å². The molecule has 1 aliphatic carbocycles. The zero-order chi connectivity index (χ0) is 24.5. The van der Waals surface area contributed by atoms with Crippen LogP contribution in [0.4, 0.5) is 0 Å². The Morgan fingerprint density at radius 3 is 1.63 bits per heavy atom. The highest BCUT2D eigenvalue weighted by Gasteiger charge is 2.29. The molecule has 0 heterocycles. The second-order valence-corrected chi connectivity index (χ2v) is 11.4. The lowest BCUT2D eigenvalue weighted by Gasteiger charge is -2.30. The molecule has 0 spiro atoms. The Labute approximate surface area is 220 Å². The summed E-state index contributed by atoms with van der Waals surface area (Å²) in [7, 11) is 0. The van der Waals surface area contributed by atoms with Crippen LogP contribution in [0, 0.1) is 0 Å². The van der Waals surface area contributed by atoms with Crippen molar-refractivity contribution >= 4 is 75.4 Å². The summed E-state index contributed by atoms with van der Waals surface area (Å²) in [6.07, 6.45) is 3.65. The molecule has 0 fully saturated rings. The van der Waals surface area contributed by atoms with E-state index in [-0.39, 0.29) is 0 Å². The third-order valence-corrected chi connectivity index (χ3v) is 9.76. The monoisotopic (exact) mass is 480 g/mol. The quantitative estimate of drug-likeness (QED) is 0.162. The minimum Gasteiger partial charge on any atom is -0.0620 e. The molecule has 176 valence electrons. The van der Waals surface area contributed by atoms with Crippen molar-refractivity contribution in [2.45, 2.75) is 25.2 Å². The average Bonchev–Trinajstić information content (AvgIpc) is 2.98. The van der Waals surface area contributed by atoms with Gasteiger partial charge in [0.2, 0.25) is 0 Å². The van der Waals surface area contributed by atoms with Gasteiger partial charge in [-0.15, -0.1) is 0 Å². The van der Waals surface area contributed by atoms with Crippen molar-refractivity contribution in [2.75, 3.05) is 0 Å². The van der Waals surface area contributed by atoms with Gasteiger partial charge >= 0.3 is 0 Å². The highest BCUT2D eigenvalue weighted by Crippen LogP contribution is 2.54. The van der Waals surface area contributed by atoms with E-state index in [1.54, 1.807) is 0 Å². The van der Waals surface area contributed by atoms with Gasteiger partial charge in [0.05, 0.1) is 0 Å². The molecular formula is C38H24. The molecule has 0 saturated heterocycles. The van der Waals surface area contributed by atoms with Crippen LogP contribution in [-0.2, 0) is 6.42 Å². The van der Waals surface area contributed by atoms with Crippen LogP contribution in [0.3, 0.4) is 0 Å². The van der Waals surface area contributed by atoms with Gasteiger partial charge in [0, 0.05) is 5.92 Å². The van der Waals surface area contributed by atoms with E-state index in [1.807, 2.05) is 0 Å². The maximum Gasteiger partial charge on any atom is 0.0104 e. The molecule has 38 heavy (non-hydrogen) atoms. The molecule has 9 aromatic carbocycles. The SMILES string of the molecule is c1ccc2c(c1)CCCC2c1c2cccc3c4cccc5cc6cccc7c8cccc1c8c(c23)c(c54)c67. The van der Waals surface area contributed by atoms with Gasteiger partial charge in [0.1, 0.15) is 0 Å². The Morgan fingerprint density at radius 1 is 0.447 bits per heavy atom. The summed E-state index contributed by atoms with van der Waals surface area (Å²) in [4.78, 5) is 0. The first kappa shape index (κ1) is 19.7. The molecule has 0 aromatic heterocycles. The van der Waals surface area contributed by atoms with Gasteiger partial charge in [-0.05, 0) is 117 Å². The van der Waals surface area contributed by atoms with Crippen molar-refractivity contribution in [3.63, 3.8) is 0 Å². The molecule has 1 aliphatic rings. The topological polar surface area (TPSA) is 0 Å². The van der Waals surface area contributed by atoms with Crippen molar-refractivity contribution in [2.24, 2.45) is 0 Å². The fourth-order valence-electron chi connectivity index (χ4n) is 8.42. The lowest BCUT2D eigenvalue weighted by molar-refractivity contribution is 0.621. The number of hydrogen-bond acceptors (Lipinski definition) is 0. The second kappa shape index (κ2) is 6.71. The molecule has 10 rings (SSSR count). The molecule has 0 heteroatoms. The molecule has 0 bridgehead atoms. The summed E-state index contributed by atoms with van der Waals surface area (Å²) in [6.45, 7) is 0. The molecule has 0 N–H and O–H groups in total. The van der Waals surface area contributed by atoms with Crippen LogP contribution in [0.5, 0.6) is 0 Å². The Bertz CT molecular complexity index is 2240. The van der Waals surface area contributed by atoms with E-state index in [1.165, 1.54) is 111 Å². The van der Waals surface area contributed by atoms with Gasteiger partial charge in [-0.1, -0.05) is 97.1 Å². The molecular weight excluding hydrogens is 456 g/mol. The van der Waals surface area contributed by atoms with Crippen LogP contribution >= 0.6 is 0 Å². The number of hydrogen-bond donors (Lipinski definition) is 0. The fraction of sp³-hybridized carbons (Fsp3) is 0.105. The molecule has 0 nitrogen and oxygen atoms in total. The number of aryl methyl sites for hydroxylation is 1. The summed E-state index contributed by atoms with van der Waals surface area (Å²) >= 11 is 0. The van der Waals surface area contributed by atoms with E-state index in [0.717, 1.165) is 0 Å². The van der Waals surface area contributed by atoms with Gasteiger partial charge < -0.3 is 0 Å². The maximum atomic E-state index is 2.42. The standard InChI is InChI=1S/C38H24/c1-2-12-24-21(8-1)9-3-13-25(24)34-30-18-6-16-28-26-14-4-10-22-20-23-11-5-15-27-29-17-7-19-31(34)36(29)38(35(28)30)37(32(22)26)33(23)27/h1-2,4-8,10-12,14-20,25H,3,9,13H2. The van der Waals surface area contributed by atoms with E-state index in [4.69, 9.17) is 0 Å². The van der Waals surface area contributed by atoms with E-state index < -0.39 is 0 Å². The summed E-state index contributed by atoms with van der Waals surface area (Å²) < 4.78 is 0. The number of rotatable bonds is 1. The summed E-state index contributed by atoms with van der Waals surface area (Å²) in [6, 6.07) is 39.6. The van der Waals surface area contributed by atoms with Gasteiger partial charge in [0.25, 0.3) is 0 Å². The largest absolute Gasteiger partial charge is 0.0620 e. The van der Waals surface area contributed by atoms with Crippen molar-refractivity contribution in [1.29, 1.82) is 0 Å². The number of benzene rings is 9. The Kier molecular flexibility index (Phi) is 3.47. The predicted molar refractivity (Wildman–Crippen MR) is 164 cm³/mol. The minimum absolute atomic E-state index is 0.421. The lowest BCUT2D eigenvalue weighted by atomic mass is 9.73.